The smallest absolute Gasteiger partial charge is 0.325 e. The summed E-state index contributed by atoms with van der Waals surface area (Å²) >= 11 is 0. The van der Waals surface area contributed by atoms with Crippen molar-refractivity contribution in [2.45, 2.75) is 52.0 Å². The van der Waals surface area contributed by atoms with Gasteiger partial charge in [-0.25, -0.2) is 4.79 Å². The van der Waals surface area contributed by atoms with Crippen molar-refractivity contribution in [3.63, 3.8) is 0 Å². The molecule has 0 saturated carbocycles. The Balaban J connectivity index is 1.14. The number of aliphatic hydroxyl groups is 1. The third-order valence-electron chi connectivity index (χ3n) is 9.85. The number of carbonyl (C=O) groups is 2. The van der Waals surface area contributed by atoms with E-state index in [1.54, 1.807) is 6.92 Å². The quantitative estimate of drug-likeness (QED) is 0.149. The van der Waals surface area contributed by atoms with E-state index in [4.69, 9.17) is 14.2 Å². The maximum atomic E-state index is 12.2. The molecule has 4 atom stereocenters. The summed E-state index contributed by atoms with van der Waals surface area (Å²) in [6.07, 6.45) is -0.824. The molecule has 4 unspecified atom stereocenters. The summed E-state index contributed by atoms with van der Waals surface area (Å²) in [7, 11) is 0. The number of amides is 2. The van der Waals surface area contributed by atoms with Gasteiger partial charge in [0.1, 0.15) is 6.54 Å². The normalized spacial score (nSPS) is 21.0. The number of carbonyl (C=O) groups excluding carboxylic acids is 2. The Morgan fingerprint density at radius 2 is 1.46 bits per heavy atom. The maximum Gasteiger partial charge on any atom is 0.325 e. The topological polar surface area (TPSA) is 113 Å². The van der Waals surface area contributed by atoms with Crippen LogP contribution in [0.4, 0.5) is 4.79 Å². The SMILES string of the molecule is CCOC(=O)CNC(=O)NCc1cccc(-c2cccc(C3OC(CN4CCN(Cc5ccccc5)CC4)C(C)C(c4ccc(CO)cc4)O3)c2)c1. The maximum absolute atomic E-state index is 12.2. The van der Waals surface area contributed by atoms with Gasteiger partial charge in [0.05, 0.1) is 25.4 Å². The Bertz CT molecular complexity index is 1750. The molecular weight excluding hydrogens is 656 g/mol. The number of piperazine rings is 1. The molecule has 2 amide bonds. The van der Waals surface area contributed by atoms with Gasteiger partial charge >= 0.3 is 12.0 Å². The molecule has 0 aromatic heterocycles. The van der Waals surface area contributed by atoms with E-state index in [-0.39, 0.29) is 37.9 Å². The van der Waals surface area contributed by atoms with Gasteiger partial charge in [0.15, 0.2) is 6.29 Å². The number of urea groups is 1. The fourth-order valence-electron chi connectivity index (χ4n) is 6.89. The molecule has 274 valence electrons. The lowest BCUT2D eigenvalue weighted by Crippen LogP contribution is -2.51. The predicted molar refractivity (Wildman–Crippen MR) is 200 cm³/mol. The van der Waals surface area contributed by atoms with Gasteiger partial charge in [-0.3, -0.25) is 14.6 Å². The molecule has 2 fully saturated rings. The lowest BCUT2D eigenvalue weighted by molar-refractivity contribution is -0.276. The van der Waals surface area contributed by atoms with Crippen LogP contribution < -0.4 is 10.6 Å². The van der Waals surface area contributed by atoms with E-state index in [0.29, 0.717) is 6.54 Å². The number of hydrogen-bond donors (Lipinski definition) is 3. The highest BCUT2D eigenvalue weighted by Gasteiger charge is 2.39. The van der Waals surface area contributed by atoms with E-state index in [1.165, 1.54) is 5.56 Å². The summed E-state index contributed by atoms with van der Waals surface area (Å²) in [5, 5.41) is 15.0. The molecule has 2 aliphatic rings. The van der Waals surface area contributed by atoms with Gasteiger partial charge in [0.2, 0.25) is 0 Å². The summed E-state index contributed by atoms with van der Waals surface area (Å²) < 4.78 is 18.5. The molecular formula is C42H50N4O6. The zero-order chi connectivity index (χ0) is 36.3. The first kappa shape index (κ1) is 37.2. The van der Waals surface area contributed by atoms with Crippen LogP contribution in [0.2, 0.25) is 0 Å². The van der Waals surface area contributed by atoms with Gasteiger partial charge in [0, 0.05) is 57.3 Å². The van der Waals surface area contributed by atoms with Crippen LogP contribution in [-0.4, -0.2) is 78.9 Å². The molecule has 10 heteroatoms. The molecule has 3 N–H and O–H groups in total. The number of nitrogens with zero attached hydrogens (tertiary/aromatic N) is 2. The molecule has 2 saturated heterocycles. The fourth-order valence-corrected chi connectivity index (χ4v) is 6.89. The summed E-state index contributed by atoms with van der Waals surface area (Å²) in [6.45, 7) is 10.1. The monoisotopic (exact) mass is 706 g/mol. The van der Waals surface area contributed by atoms with Crippen molar-refractivity contribution in [3.05, 3.63) is 131 Å². The minimum Gasteiger partial charge on any atom is -0.465 e. The largest absolute Gasteiger partial charge is 0.465 e. The van der Waals surface area contributed by atoms with Crippen LogP contribution in [0.1, 0.15) is 54.1 Å². The third-order valence-corrected chi connectivity index (χ3v) is 9.85. The molecule has 0 radical (unpaired) electrons. The Morgan fingerprint density at radius 1 is 0.769 bits per heavy atom. The highest BCUT2D eigenvalue weighted by molar-refractivity contribution is 5.80. The zero-order valence-corrected chi connectivity index (χ0v) is 30.1. The standard InChI is InChI=1S/C42H50N4O6/c1-3-50-39(48)26-44-42(49)43-25-33-11-7-12-35(23-33)36-13-8-14-37(24-36)41-51-38(30(2)40(52-41)34-17-15-32(29-47)16-18-34)28-46-21-19-45(20-22-46)27-31-9-5-4-6-10-31/h4-18,23-24,30,38,40-41,47H,3,19-22,25-29H2,1-2H3,(H2,43,44,49). The van der Waals surface area contributed by atoms with Gasteiger partial charge in [0.25, 0.3) is 0 Å². The van der Waals surface area contributed by atoms with Gasteiger partial charge in [-0.1, -0.05) is 97.9 Å². The molecule has 0 spiro atoms. The molecule has 2 heterocycles. The van der Waals surface area contributed by atoms with Crippen LogP contribution in [0, 0.1) is 5.92 Å². The number of aliphatic hydroxyl groups excluding tert-OH is 1. The van der Waals surface area contributed by atoms with Crippen molar-refractivity contribution in [3.8, 4) is 11.1 Å². The van der Waals surface area contributed by atoms with E-state index < -0.39 is 18.3 Å². The summed E-state index contributed by atoms with van der Waals surface area (Å²) in [4.78, 5) is 28.9. The van der Waals surface area contributed by atoms with E-state index in [9.17, 15) is 14.7 Å². The second-order valence-electron chi connectivity index (χ2n) is 13.6. The second-order valence-corrected chi connectivity index (χ2v) is 13.6. The third kappa shape index (κ3) is 10.1. The van der Waals surface area contributed by atoms with Gasteiger partial charge in [-0.15, -0.1) is 0 Å². The van der Waals surface area contributed by atoms with Crippen molar-refractivity contribution < 1.29 is 28.9 Å². The fraction of sp³-hybridized carbons (Fsp3) is 0.381. The lowest BCUT2D eigenvalue weighted by Gasteiger charge is -2.44. The van der Waals surface area contributed by atoms with Crippen molar-refractivity contribution >= 4 is 12.0 Å². The average molecular weight is 707 g/mol. The highest BCUT2D eigenvalue weighted by atomic mass is 16.7. The summed E-state index contributed by atoms with van der Waals surface area (Å²) in [5.74, 6) is -0.380. The minimum atomic E-state index is -0.573. The minimum absolute atomic E-state index is 0.00129. The Morgan fingerprint density at radius 3 is 2.19 bits per heavy atom. The van der Waals surface area contributed by atoms with E-state index in [0.717, 1.165) is 72.6 Å². The number of benzene rings is 4. The average Bonchev–Trinajstić information content (AvgIpc) is 3.18. The number of esters is 1. The van der Waals surface area contributed by atoms with Gasteiger partial charge < -0.3 is 30.0 Å². The molecule has 10 nitrogen and oxygen atoms in total. The van der Waals surface area contributed by atoms with Crippen molar-refractivity contribution in [1.29, 1.82) is 0 Å². The van der Waals surface area contributed by atoms with Gasteiger partial charge in [-0.2, -0.15) is 0 Å². The first-order valence-corrected chi connectivity index (χ1v) is 18.2. The van der Waals surface area contributed by atoms with Crippen LogP contribution in [0.15, 0.2) is 103 Å². The van der Waals surface area contributed by atoms with Crippen LogP contribution >= 0.6 is 0 Å². The summed E-state index contributed by atoms with van der Waals surface area (Å²) in [6, 6.07) is 34.5. The number of hydrogen-bond acceptors (Lipinski definition) is 8. The predicted octanol–water partition coefficient (Wildman–Crippen LogP) is 5.82. The van der Waals surface area contributed by atoms with Crippen molar-refractivity contribution in [2.24, 2.45) is 5.92 Å². The molecule has 4 aromatic carbocycles. The molecule has 2 aliphatic heterocycles. The van der Waals surface area contributed by atoms with E-state index in [2.05, 4.69) is 88.0 Å². The van der Waals surface area contributed by atoms with Crippen LogP contribution in [0.5, 0.6) is 0 Å². The first-order chi connectivity index (χ1) is 25.4. The number of ether oxygens (including phenoxy) is 3. The molecule has 0 bridgehead atoms. The highest BCUT2D eigenvalue weighted by Crippen LogP contribution is 2.42. The number of nitrogens with one attached hydrogen (secondary N) is 2. The van der Waals surface area contributed by atoms with Crippen LogP contribution in [0.3, 0.4) is 0 Å². The zero-order valence-electron chi connectivity index (χ0n) is 30.1. The molecule has 52 heavy (non-hydrogen) atoms. The summed E-state index contributed by atoms with van der Waals surface area (Å²) in [5.41, 5.74) is 7.14. The molecule has 6 rings (SSSR count). The lowest BCUT2D eigenvalue weighted by atomic mass is 9.89. The van der Waals surface area contributed by atoms with Gasteiger partial charge in [-0.05, 0) is 52.4 Å². The van der Waals surface area contributed by atoms with Crippen LogP contribution in [-0.2, 0) is 38.7 Å². The Labute approximate surface area is 306 Å². The second kappa shape index (κ2) is 18.3. The van der Waals surface area contributed by atoms with E-state index in [1.807, 2.05) is 42.5 Å². The molecule has 0 aliphatic carbocycles. The first-order valence-electron chi connectivity index (χ1n) is 18.2. The molecule has 4 aromatic rings. The Kier molecular flexibility index (Phi) is 13.1. The Hall–Kier alpha value is -4.58. The van der Waals surface area contributed by atoms with Crippen molar-refractivity contribution in [1.82, 2.24) is 20.4 Å². The van der Waals surface area contributed by atoms with E-state index >= 15 is 0 Å². The van der Waals surface area contributed by atoms with Crippen LogP contribution in [0.25, 0.3) is 11.1 Å². The van der Waals surface area contributed by atoms with Crippen molar-refractivity contribution in [2.75, 3.05) is 45.9 Å². The number of rotatable bonds is 13.